The topological polar surface area (TPSA) is 66.5 Å². The molecule has 0 heterocycles. The minimum Gasteiger partial charge on any atom is -0.348 e. The second-order valence-corrected chi connectivity index (χ2v) is 9.61. The van der Waals surface area contributed by atoms with E-state index in [0.29, 0.717) is 5.02 Å². The highest BCUT2D eigenvalue weighted by molar-refractivity contribution is 7.92. The molecule has 2 rings (SSSR count). The van der Waals surface area contributed by atoms with Gasteiger partial charge in [-0.1, -0.05) is 61.3 Å². The van der Waals surface area contributed by atoms with Gasteiger partial charge in [-0.2, -0.15) is 0 Å². The third kappa shape index (κ3) is 5.87. The summed E-state index contributed by atoms with van der Waals surface area (Å²) < 4.78 is 26.2. The van der Waals surface area contributed by atoms with Crippen molar-refractivity contribution in [2.24, 2.45) is 0 Å². The molecule has 5 nitrogen and oxygen atoms in total. The number of amides is 1. The number of rotatable bonds is 8. The molecule has 8 heteroatoms. The van der Waals surface area contributed by atoms with E-state index < -0.39 is 22.0 Å². The first-order valence-electron chi connectivity index (χ1n) is 9.42. The summed E-state index contributed by atoms with van der Waals surface area (Å²) in [5.74, 6) is -0.402. The van der Waals surface area contributed by atoms with E-state index in [4.69, 9.17) is 23.2 Å². The number of hydrogen-bond acceptors (Lipinski definition) is 3. The largest absolute Gasteiger partial charge is 0.348 e. The van der Waals surface area contributed by atoms with Gasteiger partial charge in [0, 0.05) is 5.02 Å². The third-order valence-electron chi connectivity index (χ3n) is 4.72. The first-order chi connectivity index (χ1) is 13.6. The Labute approximate surface area is 183 Å². The lowest BCUT2D eigenvalue weighted by molar-refractivity contribution is -0.122. The molecule has 1 amide bonds. The Morgan fingerprint density at radius 2 is 1.72 bits per heavy atom. The Hall–Kier alpha value is -1.76. The maximum atomic E-state index is 13.0. The van der Waals surface area contributed by atoms with Gasteiger partial charge < -0.3 is 5.32 Å². The SMILES string of the molecule is CCc1ccc([C@@H](C)NC(=O)[C@H](CC)N(c2cc(Cl)ccc2Cl)S(C)(=O)=O)cc1. The average Bonchev–Trinajstić information content (AvgIpc) is 2.67. The zero-order valence-electron chi connectivity index (χ0n) is 16.9. The van der Waals surface area contributed by atoms with Crippen LogP contribution in [0.4, 0.5) is 5.69 Å². The van der Waals surface area contributed by atoms with Crippen molar-refractivity contribution < 1.29 is 13.2 Å². The highest BCUT2D eigenvalue weighted by Crippen LogP contribution is 2.33. The van der Waals surface area contributed by atoms with E-state index in [0.717, 1.165) is 22.5 Å². The molecule has 0 spiro atoms. The summed E-state index contributed by atoms with van der Waals surface area (Å²) in [4.78, 5) is 13.0. The van der Waals surface area contributed by atoms with Crippen molar-refractivity contribution in [3.8, 4) is 0 Å². The molecule has 0 unspecified atom stereocenters. The van der Waals surface area contributed by atoms with Crippen LogP contribution >= 0.6 is 23.2 Å². The van der Waals surface area contributed by atoms with E-state index >= 15 is 0 Å². The summed E-state index contributed by atoms with van der Waals surface area (Å²) in [6, 6.07) is 11.3. The minimum atomic E-state index is -3.79. The summed E-state index contributed by atoms with van der Waals surface area (Å²) >= 11 is 12.3. The summed E-state index contributed by atoms with van der Waals surface area (Å²) in [6.45, 7) is 5.69. The molecule has 2 atom stereocenters. The van der Waals surface area contributed by atoms with Crippen molar-refractivity contribution >= 4 is 44.8 Å². The molecule has 1 N–H and O–H groups in total. The molecule has 29 heavy (non-hydrogen) atoms. The van der Waals surface area contributed by atoms with Crippen molar-refractivity contribution in [1.29, 1.82) is 0 Å². The molecular formula is C21H26Cl2N2O3S. The lowest BCUT2D eigenvalue weighted by atomic mass is 10.0. The Bertz CT molecular complexity index is 962. The van der Waals surface area contributed by atoms with Gasteiger partial charge in [-0.05, 0) is 49.1 Å². The molecule has 0 saturated heterocycles. The summed E-state index contributed by atoms with van der Waals surface area (Å²) in [5, 5.41) is 3.45. The van der Waals surface area contributed by atoms with E-state index in [1.165, 1.54) is 17.7 Å². The van der Waals surface area contributed by atoms with Gasteiger partial charge in [0.1, 0.15) is 6.04 Å². The van der Waals surface area contributed by atoms with Crippen LogP contribution in [0.15, 0.2) is 42.5 Å². The van der Waals surface area contributed by atoms with Gasteiger partial charge in [-0.15, -0.1) is 0 Å². The van der Waals surface area contributed by atoms with Crippen molar-refractivity contribution in [2.45, 2.75) is 45.7 Å². The van der Waals surface area contributed by atoms with Crippen molar-refractivity contribution in [3.63, 3.8) is 0 Å². The number of nitrogens with zero attached hydrogens (tertiary/aromatic N) is 1. The van der Waals surface area contributed by atoms with Crippen LogP contribution in [0.3, 0.4) is 0 Å². The highest BCUT2D eigenvalue weighted by atomic mass is 35.5. The number of aryl methyl sites for hydroxylation is 1. The smallest absolute Gasteiger partial charge is 0.244 e. The Balaban J connectivity index is 2.34. The summed E-state index contributed by atoms with van der Waals surface area (Å²) in [7, 11) is -3.79. The molecule has 0 saturated carbocycles. The van der Waals surface area contributed by atoms with Crippen molar-refractivity contribution in [3.05, 3.63) is 63.6 Å². The van der Waals surface area contributed by atoms with Gasteiger partial charge in [0.25, 0.3) is 0 Å². The predicted molar refractivity (Wildman–Crippen MR) is 120 cm³/mol. The van der Waals surface area contributed by atoms with Crippen LogP contribution in [0.5, 0.6) is 0 Å². The van der Waals surface area contributed by atoms with Gasteiger partial charge in [0.2, 0.25) is 15.9 Å². The zero-order valence-corrected chi connectivity index (χ0v) is 19.3. The van der Waals surface area contributed by atoms with E-state index in [1.807, 2.05) is 31.2 Å². The molecule has 0 aliphatic rings. The number of halogens is 2. The van der Waals surface area contributed by atoms with Gasteiger partial charge in [-0.25, -0.2) is 8.42 Å². The third-order valence-corrected chi connectivity index (χ3v) is 6.44. The van der Waals surface area contributed by atoms with Crippen LogP contribution in [0, 0.1) is 0 Å². The highest BCUT2D eigenvalue weighted by Gasteiger charge is 2.33. The number of benzene rings is 2. The van der Waals surface area contributed by atoms with Crippen LogP contribution in [0.1, 0.15) is 44.4 Å². The monoisotopic (exact) mass is 456 g/mol. The average molecular weight is 457 g/mol. The Kier molecular flexibility index (Phi) is 7.97. The fourth-order valence-electron chi connectivity index (χ4n) is 3.13. The molecule has 0 aliphatic heterocycles. The molecule has 0 bridgehead atoms. The molecule has 2 aromatic carbocycles. The quantitative estimate of drug-likeness (QED) is 0.608. The lowest BCUT2D eigenvalue weighted by Gasteiger charge is -2.31. The van der Waals surface area contributed by atoms with Crippen molar-refractivity contribution in [2.75, 3.05) is 10.6 Å². The lowest BCUT2D eigenvalue weighted by Crippen LogP contribution is -2.49. The number of nitrogens with one attached hydrogen (secondary N) is 1. The van der Waals surface area contributed by atoms with E-state index in [-0.39, 0.29) is 23.2 Å². The normalized spacial score (nSPS) is 13.6. The van der Waals surface area contributed by atoms with Gasteiger partial charge in [0.15, 0.2) is 0 Å². The van der Waals surface area contributed by atoms with Crippen LogP contribution < -0.4 is 9.62 Å². The second kappa shape index (κ2) is 9.83. The number of hydrogen-bond donors (Lipinski definition) is 1. The number of carbonyl (C=O) groups excluding carboxylic acids is 1. The van der Waals surface area contributed by atoms with Gasteiger partial charge >= 0.3 is 0 Å². The molecule has 0 fully saturated rings. The van der Waals surface area contributed by atoms with Crippen LogP contribution in [-0.4, -0.2) is 26.6 Å². The molecule has 2 aromatic rings. The summed E-state index contributed by atoms with van der Waals surface area (Å²) in [6.07, 6.45) is 2.25. The van der Waals surface area contributed by atoms with E-state index in [9.17, 15) is 13.2 Å². The fraction of sp³-hybridized carbons (Fsp3) is 0.381. The summed E-state index contributed by atoms with van der Waals surface area (Å²) in [5.41, 5.74) is 2.33. The number of anilines is 1. The molecular weight excluding hydrogens is 431 g/mol. The number of sulfonamides is 1. The van der Waals surface area contributed by atoms with Crippen LogP contribution in [-0.2, 0) is 21.2 Å². The Morgan fingerprint density at radius 1 is 1.10 bits per heavy atom. The zero-order chi connectivity index (χ0) is 21.8. The van der Waals surface area contributed by atoms with Crippen LogP contribution in [0.2, 0.25) is 10.0 Å². The molecule has 158 valence electrons. The fourth-order valence-corrected chi connectivity index (χ4v) is 4.77. The Morgan fingerprint density at radius 3 is 2.24 bits per heavy atom. The standard InChI is InChI=1S/C21H26Cl2N2O3S/c1-5-15-7-9-16(10-8-15)14(3)24-21(26)19(6-2)25(29(4,27)28)20-13-17(22)11-12-18(20)23/h7-14,19H,5-6H2,1-4H3,(H,24,26)/t14-,19+/m1/s1. The van der Waals surface area contributed by atoms with Gasteiger partial charge in [0.05, 0.1) is 23.0 Å². The molecule has 0 aliphatic carbocycles. The number of carbonyl (C=O) groups is 1. The molecule has 0 aromatic heterocycles. The predicted octanol–water partition coefficient (Wildman–Crippen LogP) is 4.98. The first kappa shape index (κ1) is 23.5. The van der Waals surface area contributed by atoms with E-state index in [2.05, 4.69) is 12.2 Å². The second-order valence-electron chi connectivity index (χ2n) is 6.90. The van der Waals surface area contributed by atoms with E-state index in [1.54, 1.807) is 13.0 Å². The first-order valence-corrected chi connectivity index (χ1v) is 12.0. The maximum absolute atomic E-state index is 13.0. The maximum Gasteiger partial charge on any atom is 0.244 e. The van der Waals surface area contributed by atoms with Crippen LogP contribution in [0.25, 0.3) is 0 Å². The van der Waals surface area contributed by atoms with Gasteiger partial charge in [-0.3, -0.25) is 9.10 Å². The van der Waals surface area contributed by atoms with Crippen molar-refractivity contribution in [1.82, 2.24) is 5.32 Å². The molecule has 0 radical (unpaired) electrons. The minimum absolute atomic E-state index is 0.184.